The summed E-state index contributed by atoms with van der Waals surface area (Å²) in [7, 11) is 0. The number of anilines is 1. The van der Waals surface area contributed by atoms with E-state index in [0.717, 1.165) is 27.6 Å². The molecule has 0 atom stereocenters. The van der Waals surface area contributed by atoms with Crippen LogP contribution in [0.2, 0.25) is 0 Å². The molecule has 6 rings (SSSR count). The monoisotopic (exact) mass is 506 g/mol. The number of rotatable bonds is 5. The van der Waals surface area contributed by atoms with E-state index in [9.17, 15) is 9.18 Å². The standard InChI is InChI=1S/C28H23FN8O/c1-14(2)28(38)33-20-9-17(11-30-13-20)18-10-21-24(36-37-26(21)32-12-18)27-34-22-4-5-31-23(25(22)35-27)16-6-15(3)7-19(29)8-16/h4-14H,1-3H3,(H,33,38)(H,34,35)(H,32,36,37). The Labute approximate surface area is 216 Å². The van der Waals surface area contributed by atoms with Crippen LogP contribution in [0.15, 0.2) is 61.2 Å². The number of halogens is 1. The topological polar surface area (TPSA) is 125 Å². The van der Waals surface area contributed by atoms with Crippen LogP contribution in [0, 0.1) is 18.7 Å². The number of imidazole rings is 1. The molecule has 6 aromatic rings. The second kappa shape index (κ2) is 9.15. The van der Waals surface area contributed by atoms with Crippen molar-refractivity contribution in [2.24, 2.45) is 5.92 Å². The number of pyridine rings is 3. The molecule has 0 aliphatic rings. The summed E-state index contributed by atoms with van der Waals surface area (Å²) in [6.07, 6.45) is 6.72. The Morgan fingerprint density at radius 2 is 1.82 bits per heavy atom. The van der Waals surface area contributed by atoms with Crippen LogP contribution in [-0.4, -0.2) is 41.0 Å². The predicted octanol–water partition coefficient (Wildman–Crippen LogP) is 5.67. The Balaban J connectivity index is 1.42. The summed E-state index contributed by atoms with van der Waals surface area (Å²) in [5.41, 5.74) is 6.80. The number of carbonyl (C=O) groups is 1. The molecule has 9 nitrogen and oxygen atoms in total. The number of benzene rings is 1. The molecule has 5 heterocycles. The molecule has 0 aliphatic carbocycles. The maximum atomic E-state index is 14.1. The van der Waals surface area contributed by atoms with Crippen LogP contribution < -0.4 is 5.32 Å². The van der Waals surface area contributed by atoms with Crippen molar-refractivity contribution in [3.63, 3.8) is 0 Å². The van der Waals surface area contributed by atoms with E-state index in [0.29, 0.717) is 39.6 Å². The fraction of sp³-hybridized carbons (Fsp3) is 0.143. The van der Waals surface area contributed by atoms with Crippen molar-refractivity contribution in [3.05, 3.63) is 72.6 Å². The van der Waals surface area contributed by atoms with E-state index >= 15 is 0 Å². The molecule has 0 radical (unpaired) electrons. The number of aromatic nitrogens is 7. The summed E-state index contributed by atoms with van der Waals surface area (Å²) < 4.78 is 14.1. The van der Waals surface area contributed by atoms with Gasteiger partial charge in [0.2, 0.25) is 5.91 Å². The number of H-pyrrole nitrogens is 2. The van der Waals surface area contributed by atoms with E-state index in [1.807, 2.05) is 45.0 Å². The highest BCUT2D eigenvalue weighted by Crippen LogP contribution is 2.32. The first-order valence-electron chi connectivity index (χ1n) is 12.1. The lowest BCUT2D eigenvalue weighted by molar-refractivity contribution is -0.118. The summed E-state index contributed by atoms with van der Waals surface area (Å²) in [4.78, 5) is 33.5. The van der Waals surface area contributed by atoms with E-state index in [1.165, 1.54) is 12.1 Å². The molecule has 10 heteroatoms. The SMILES string of the molecule is Cc1cc(F)cc(-c2nccc3[nH]c(-c4n[nH]c5ncc(-c6cncc(NC(=O)C(C)C)c6)cc45)nc23)c1. The Morgan fingerprint density at radius 1 is 0.974 bits per heavy atom. The zero-order chi connectivity index (χ0) is 26.4. The van der Waals surface area contributed by atoms with Crippen LogP contribution in [0.25, 0.3) is 56.0 Å². The van der Waals surface area contributed by atoms with Crippen molar-refractivity contribution in [2.75, 3.05) is 5.32 Å². The van der Waals surface area contributed by atoms with E-state index in [2.05, 4.69) is 35.5 Å². The van der Waals surface area contributed by atoms with Crippen LogP contribution in [0.4, 0.5) is 10.1 Å². The zero-order valence-electron chi connectivity index (χ0n) is 20.9. The van der Waals surface area contributed by atoms with Gasteiger partial charge in [-0.05, 0) is 48.9 Å². The van der Waals surface area contributed by atoms with Crippen molar-refractivity contribution in [3.8, 4) is 33.9 Å². The molecular formula is C28H23FN8O. The summed E-state index contributed by atoms with van der Waals surface area (Å²) in [6.45, 7) is 5.51. The van der Waals surface area contributed by atoms with Gasteiger partial charge in [-0.2, -0.15) is 5.10 Å². The number of aryl methyl sites for hydroxylation is 1. The maximum absolute atomic E-state index is 14.1. The zero-order valence-corrected chi connectivity index (χ0v) is 20.9. The number of hydrogen-bond acceptors (Lipinski definition) is 6. The highest BCUT2D eigenvalue weighted by molar-refractivity contribution is 5.97. The molecule has 0 fully saturated rings. The van der Waals surface area contributed by atoms with Crippen LogP contribution in [0.1, 0.15) is 19.4 Å². The van der Waals surface area contributed by atoms with Gasteiger partial charge < -0.3 is 10.3 Å². The Hall–Kier alpha value is -4.99. The molecule has 0 saturated carbocycles. The number of hydrogen-bond donors (Lipinski definition) is 3. The second-order valence-corrected chi connectivity index (χ2v) is 9.46. The van der Waals surface area contributed by atoms with Gasteiger partial charge in [-0.1, -0.05) is 13.8 Å². The number of nitrogens with one attached hydrogen (secondary N) is 3. The highest BCUT2D eigenvalue weighted by Gasteiger charge is 2.18. The van der Waals surface area contributed by atoms with Gasteiger partial charge in [0, 0.05) is 41.2 Å². The molecule has 38 heavy (non-hydrogen) atoms. The summed E-state index contributed by atoms with van der Waals surface area (Å²) in [5, 5.41) is 11.1. The summed E-state index contributed by atoms with van der Waals surface area (Å²) in [5.74, 6) is -0.0196. The second-order valence-electron chi connectivity index (χ2n) is 9.46. The number of nitrogens with zero attached hydrogens (tertiary/aromatic N) is 5. The first-order chi connectivity index (χ1) is 18.4. The highest BCUT2D eigenvalue weighted by atomic mass is 19.1. The third-order valence-electron chi connectivity index (χ3n) is 6.22. The van der Waals surface area contributed by atoms with E-state index in [4.69, 9.17) is 4.98 Å². The maximum Gasteiger partial charge on any atom is 0.226 e. The largest absolute Gasteiger partial charge is 0.336 e. The number of aromatic amines is 2. The third-order valence-corrected chi connectivity index (χ3v) is 6.22. The van der Waals surface area contributed by atoms with Crippen molar-refractivity contribution >= 4 is 33.7 Å². The molecule has 0 aliphatic heterocycles. The average Bonchev–Trinajstić information content (AvgIpc) is 3.51. The van der Waals surface area contributed by atoms with Gasteiger partial charge in [-0.25, -0.2) is 14.4 Å². The predicted molar refractivity (Wildman–Crippen MR) is 144 cm³/mol. The first-order valence-corrected chi connectivity index (χ1v) is 12.1. The minimum atomic E-state index is -0.325. The molecule has 0 spiro atoms. The van der Waals surface area contributed by atoms with Gasteiger partial charge in [0.15, 0.2) is 11.5 Å². The molecule has 0 saturated heterocycles. The van der Waals surface area contributed by atoms with Crippen LogP contribution in [-0.2, 0) is 4.79 Å². The van der Waals surface area contributed by atoms with Crippen LogP contribution in [0.3, 0.4) is 0 Å². The Morgan fingerprint density at radius 3 is 2.63 bits per heavy atom. The van der Waals surface area contributed by atoms with Crippen molar-refractivity contribution < 1.29 is 9.18 Å². The van der Waals surface area contributed by atoms with Gasteiger partial charge in [0.05, 0.1) is 28.5 Å². The van der Waals surface area contributed by atoms with Crippen LogP contribution >= 0.6 is 0 Å². The van der Waals surface area contributed by atoms with Crippen molar-refractivity contribution in [1.82, 2.24) is 35.1 Å². The molecule has 0 unspecified atom stereocenters. The lowest BCUT2D eigenvalue weighted by atomic mass is 10.1. The molecule has 5 aromatic heterocycles. The van der Waals surface area contributed by atoms with Crippen molar-refractivity contribution in [2.45, 2.75) is 20.8 Å². The normalized spacial score (nSPS) is 11.5. The van der Waals surface area contributed by atoms with Gasteiger partial charge in [-0.15, -0.1) is 0 Å². The number of fused-ring (bicyclic) bond motifs is 2. The lowest BCUT2D eigenvalue weighted by Crippen LogP contribution is -2.17. The molecule has 3 N–H and O–H groups in total. The van der Waals surface area contributed by atoms with Gasteiger partial charge in [0.25, 0.3) is 0 Å². The van der Waals surface area contributed by atoms with E-state index < -0.39 is 0 Å². The number of amides is 1. The molecule has 1 aromatic carbocycles. The third kappa shape index (κ3) is 4.26. The fourth-order valence-electron chi connectivity index (χ4n) is 4.33. The van der Waals surface area contributed by atoms with Gasteiger partial charge in [-0.3, -0.25) is 19.9 Å². The molecule has 1 amide bonds. The fourth-order valence-corrected chi connectivity index (χ4v) is 4.33. The first kappa shape index (κ1) is 23.4. The summed E-state index contributed by atoms with van der Waals surface area (Å²) in [6, 6.07) is 10.4. The van der Waals surface area contributed by atoms with Crippen LogP contribution in [0.5, 0.6) is 0 Å². The van der Waals surface area contributed by atoms with Crippen molar-refractivity contribution in [1.29, 1.82) is 0 Å². The lowest BCUT2D eigenvalue weighted by Gasteiger charge is -2.09. The minimum absolute atomic E-state index is 0.0817. The molecular weight excluding hydrogens is 483 g/mol. The molecule has 188 valence electrons. The minimum Gasteiger partial charge on any atom is -0.336 e. The van der Waals surface area contributed by atoms with Gasteiger partial charge in [0.1, 0.15) is 17.0 Å². The smallest absolute Gasteiger partial charge is 0.226 e. The summed E-state index contributed by atoms with van der Waals surface area (Å²) >= 11 is 0. The van der Waals surface area contributed by atoms with E-state index in [1.54, 1.807) is 24.8 Å². The van der Waals surface area contributed by atoms with Gasteiger partial charge >= 0.3 is 0 Å². The van der Waals surface area contributed by atoms with E-state index in [-0.39, 0.29) is 17.6 Å². The average molecular weight is 507 g/mol. The Bertz CT molecular complexity index is 1820. The number of carbonyl (C=O) groups excluding carboxylic acids is 1. The Kier molecular flexibility index (Phi) is 5.64. The quantitative estimate of drug-likeness (QED) is 0.277. The molecule has 0 bridgehead atoms.